The highest BCUT2D eigenvalue weighted by Gasteiger charge is 2.21. The van der Waals surface area contributed by atoms with Crippen molar-refractivity contribution in [2.75, 3.05) is 6.61 Å². The van der Waals surface area contributed by atoms with E-state index in [2.05, 4.69) is 42.0 Å². The quantitative estimate of drug-likeness (QED) is 0.879. The second-order valence-electron chi connectivity index (χ2n) is 5.04. The Kier molecular flexibility index (Phi) is 2.92. The zero-order valence-electron chi connectivity index (χ0n) is 10.6. The molecule has 0 saturated heterocycles. The van der Waals surface area contributed by atoms with E-state index in [4.69, 9.17) is 4.98 Å². The minimum Gasteiger partial charge on any atom is -0.394 e. The van der Waals surface area contributed by atoms with Gasteiger partial charge >= 0.3 is 0 Å². The zero-order valence-corrected chi connectivity index (χ0v) is 10.6. The molecule has 1 atom stereocenters. The van der Waals surface area contributed by atoms with Gasteiger partial charge in [0, 0.05) is 18.2 Å². The molecule has 1 aliphatic rings. The Labute approximate surface area is 107 Å². The molecule has 0 bridgehead atoms. The summed E-state index contributed by atoms with van der Waals surface area (Å²) in [7, 11) is 0. The van der Waals surface area contributed by atoms with Gasteiger partial charge in [-0.3, -0.25) is 0 Å². The predicted molar refractivity (Wildman–Crippen MR) is 71.5 cm³/mol. The van der Waals surface area contributed by atoms with Gasteiger partial charge in [0.1, 0.15) is 5.82 Å². The van der Waals surface area contributed by atoms with Crippen LogP contribution in [0.1, 0.15) is 30.3 Å². The molecule has 94 valence electrons. The van der Waals surface area contributed by atoms with Crippen LogP contribution in [0.3, 0.4) is 0 Å². The Morgan fingerprint density at radius 1 is 1.33 bits per heavy atom. The zero-order chi connectivity index (χ0) is 12.5. The van der Waals surface area contributed by atoms with Gasteiger partial charge in [0.25, 0.3) is 0 Å². The molecule has 0 saturated carbocycles. The highest BCUT2D eigenvalue weighted by molar-refractivity contribution is 5.59. The molecule has 3 heteroatoms. The van der Waals surface area contributed by atoms with Crippen LogP contribution in [-0.2, 0) is 6.42 Å². The van der Waals surface area contributed by atoms with Crippen molar-refractivity contribution in [3.63, 3.8) is 0 Å². The molecule has 3 rings (SSSR count). The van der Waals surface area contributed by atoms with Crippen molar-refractivity contribution in [1.82, 2.24) is 9.55 Å². The van der Waals surface area contributed by atoms with Crippen molar-refractivity contribution in [2.24, 2.45) is 0 Å². The van der Waals surface area contributed by atoms with Crippen LogP contribution >= 0.6 is 0 Å². The van der Waals surface area contributed by atoms with Crippen LogP contribution in [0.5, 0.6) is 0 Å². The summed E-state index contributed by atoms with van der Waals surface area (Å²) in [4.78, 5) is 4.70. The molecule has 1 unspecified atom stereocenters. The molecule has 1 aromatic carbocycles. The van der Waals surface area contributed by atoms with E-state index < -0.39 is 0 Å². The van der Waals surface area contributed by atoms with E-state index in [1.807, 2.05) is 0 Å². The minimum absolute atomic E-state index is 0.205. The molecule has 2 heterocycles. The highest BCUT2D eigenvalue weighted by Crippen LogP contribution is 2.28. The number of aliphatic hydroxyl groups excluding tert-OH is 1. The van der Waals surface area contributed by atoms with E-state index in [0.29, 0.717) is 0 Å². The molecule has 3 nitrogen and oxygen atoms in total. The molecule has 2 aromatic rings. The Balaban J connectivity index is 1.99. The van der Waals surface area contributed by atoms with Crippen molar-refractivity contribution < 1.29 is 5.11 Å². The van der Waals surface area contributed by atoms with E-state index in [9.17, 15) is 5.11 Å². The van der Waals surface area contributed by atoms with Gasteiger partial charge in [-0.05, 0) is 19.8 Å². The monoisotopic (exact) mass is 242 g/mol. The third-order valence-electron chi connectivity index (χ3n) is 3.70. The van der Waals surface area contributed by atoms with Crippen molar-refractivity contribution in [1.29, 1.82) is 0 Å². The molecular weight excluding hydrogens is 224 g/mol. The van der Waals surface area contributed by atoms with Crippen LogP contribution in [0.25, 0.3) is 11.3 Å². The molecule has 0 spiro atoms. The number of hydrogen-bond acceptors (Lipinski definition) is 2. The maximum Gasteiger partial charge on any atom is 0.109 e. The van der Waals surface area contributed by atoms with Crippen LogP contribution in [0.4, 0.5) is 0 Å². The lowest BCUT2D eigenvalue weighted by Crippen LogP contribution is -2.20. The van der Waals surface area contributed by atoms with Gasteiger partial charge < -0.3 is 9.67 Å². The van der Waals surface area contributed by atoms with Crippen LogP contribution in [0, 0.1) is 6.92 Å². The first-order chi connectivity index (χ1) is 8.78. The van der Waals surface area contributed by atoms with Crippen LogP contribution in [-0.4, -0.2) is 21.3 Å². The Morgan fingerprint density at radius 2 is 2.11 bits per heavy atom. The number of aliphatic hydroxyl groups is 1. The maximum atomic E-state index is 9.41. The number of aryl methyl sites for hydroxylation is 2. The average Bonchev–Trinajstić information content (AvgIpc) is 2.83. The van der Waals surface area contributed by atoms with Crippen LogP contribution in [0.15, 0.2) is 30.5 Å². The van der Waals surface area contributed by atoms with Gasteiger partial charge in [-0.25, -0.2) is 4.98 Å². The number of nitrogens with zero attached hydrogens (tertiary/aromatic N) is 2. The van der Waals surface area contributed by atoms with E-state index in [1.165, 1.54) is 5.56 Å². The van der Waals surface area contributed by atoms with Gasteiger partial charge in [0.15, 0.2) is 0 Å². The largest absolute Gasteiger partial charge is 0.394 e. The summed E-state index contributed by atoms with van der Waals surface area (Å²) in [5.41, 5.74) is 3.43. The molecule has 0 fully saturated rings. The number of rotatable bonds is 2. The summed E-state index contributed by atoms with van der Waals surface area (Å²) < 4.78 is 2.15. The van der Waals surface area contributed by atoms with Crippen molar-refractivity contribution in [2.45, 2.75) is 32.2 Å². The highest BCUT2D eigenvalue weighted by atomic mass is 16.3. The van der Waals surface area contributed by atoms with Gasteiger partial charge in [0.2, 0.25) is 0 Å². The number of hydrogen-bond donors (Lipinski definition) is 1. The molecule has 1 aliphatic heterocycles. The minimum atomic E-state index is 0.205. The summed E-state index contributed by atoms with van der Waals surface area (Å²) in [5.74, 6) is 1.11. The molecule has 1 aromatic heterocycles. The molecule has 0 aliphatic carbocycles. The summed E-state index contributed by atoms with van der Waals surface area (Å²) in [5, 5.41) is 9.41. The predicted octanol–water partition coefficient (Wildman–Crippen LogP) is 2.73. The first kappa shape index (κ1) is 11.5. The first-order valence-corrected chi connectivity index (χ1v) is 6.53. The van der Waals surface area contributed by atoms with Crippen molar-refractivity contribution >= 4 is 0 Å². The summed E-state index contributed by atoms with van der Waals surface area (Å²) in [6.07, 6.45) is 5.27. The second kappa shape index (κ2) is 4.58. The van der Waals surface area contributed by atoms with Crippen molar-refractivity contribution in [3.8, 4) is 11.3 Å². The first-order valence-electron chi connectivity index (χ1n) is 6.53. The number of benzene rings is 1. The van der Waals surface area contributed by atoms with Gasteiger partial charge in [-0.2, -0.15) is 0 Å². The molecule has 18 heavy (non-hydrogen) atoms. The maximum absolute atomic E-state index is 9.41. The third kappa shape index (κ3) is 1.95. The van der Waals surface area contributed by atoms with E-state index in [1.54, 1.807) is 0 Å². The normalized spacial score (nSPS) is 18.7. The topological polar surface area (TPSA) is 38.0 Å². The van der Waals surface area contributed by atoms with Gasteiger partial charge in [0.05, 0.1) is 18.3 Å². The van der Waals surface area contributed by atoms with E-state index in [-0.39, 0.29) is 12.6 Å². The lowest BCUT2D eigenvalue weighted by Gasteiger charge is -2.22. The van der Waals surface area contributed by atoms with E-state index >= 15 is 0 Å². The van der Waals surface area contributed by atoms with E-state index in [0.717, 1.165) is 36.3 Å². The SMILES string of the molecule is Cc1ccc(-c2cn3c(n2)CCCC3CO)cc1. The standard InChI is InChI=1S/C15H18N2O/c1-11-5-7-12(8-6-11)14-9-17-13(10-18)3-2-4-15(17)16-14/h5-9,13,18H,2-4,10H2,1H3. The summed E-state index contributed by atoms with van der Waals surface area (Å²) in [6.45, 7) is 2.29. The molecule has 0 amide bonds. The average molecular weight is 242 g/mol. The molecule has 0 radical (unpaired) electrons. The number of aromatic nitrogens is 2. The third-order valence-corrected chi connectivity index (χ3v) is 3.70. The lowest BCUT2D eigenvalue weighted by molar-refractivity contribution is 0.206. The molecular formula is C15H18N2O. The Morgan fingerprint density at radius 3 is 2.83 bits per heavy atom. The Hall–Kier alpha value is -1.61. The second-order valence-corrected chi connectivity index (χ2v) is 5.04. The van der Waals surface area contributed by atoms with Crippen LogP contribution < -0.4 is 0 Å². The Bertz CT molecular complexity index is 542. The van der Waals surface area contributed by atoms with Gasteiger partial charge in [-0.15, -0.1) is 0 Å². The molecule has 1 N–H and O–H groups in total. The smallest absolute Gasteiger partial charge is 0.109 e. The number of fused-ring (bicyclic) bond motifs is 1. The summed E-state index contributed by atoms with van der Waals surface area (Å²) in [6, 6.07) is 8.64. The fourth-order valence-electron chi connectivity index (χ4n) is 2.61. The lowest BCUT2D eigenvalue weighted by atomic mass is 10.1. The fraction of sp³-hybridized carbons (Fsp3) is 0.400. The fourth-order valence-corrected chi connectivity index (χ4v) is 2.61. The number of imidazole rings is 1. The van der Waals surface area contributed by atoms with Gasteiger partial charge in [-0.1, -0.05) is 29.8 Å². The van der Waals surface area contributed by atoms with Crippen molar-refractivity contribution in [3.05, 3.63) is 41.9 Å². The van der Waals surface area contributed by atoms with Crippen LogP contribution in [0.2, 0.25) is 0 Å². The summed E-state index contributed by atoms with van der Waals surface area (Å²) >= 11 is 0.